The number of rotatable bonds is 0. The van der Waals surface area contributed by atoms with Gasteiger partial charge in [-0.05, 0) is 0 Å². The first-order chi connectivity index (χ1) is 1.00. The van der Waals surface area contributed by atoms with Crippen molar-refractivity contribution in [3.05, 3.63) is 6.92 Å². The zero-order chi connectivity index (χ0) is 2.00. The van der Waals surface area contributed by atoms with Crippen LogP contribution in [0.1, 0.15) is 6.92 Å². The Kier molecular flexibility index (Phi) is 401. The third kappa shape index (κ3) is 34.9. The minimum Gasteiger partial charge on any atom is -0.346 e. The van der Waals surface area contributed by atoms with E-state index >= 15 is 0 Å². The summed E-state index contributed by atoms with van der Waals surface area (Å²) in [6, 6.07) is 0. The Balaban J connectivity index is -0.00000000167. The van der Waals surface area contributed by atoms with Crippen LogP contribution >= 0.6 is 12.4 Å². The molecule has 0 N–H and O–H groups in total. The van der Waals surface area contributed by atoms with E-state index in [1.807, 2.05) is 0 Å². The van der Waals surface area contributed by atoms with Crippen molar-refractivity contribution in [1.82, 2.24) is 0 Å². The van der Waals surface area contributed by atoms with E-state index in [0.717, 1.165) is 0 Å². The van der Waals surface area contributed by atoms with Crippen LogP contribution in [0.4, 0.5) is 0 Å². The van der Waals surface area contributed by atoms with Crippen LogP contribution < -0.4 is 0 Å². The standard InChI is InChI=1S/C2H5.ClH.Mg.H3Si/c1-2;;;/h1H2,2H3;1H;;1H3/q-1;;+2;-1. The van der Waals surface area contributed by atoms with Gasteiger partial charge in [0.05, 0.1) is 0 Å². The number of halogens is 1. The number of hydrogen-bond donors (Lipinski definition) is 0. The molecule has 0 bridgehead atoms. The van der Waals surface area contributed by atoms with Gasteiger partial charge in [0.25, 0.3) is 0 Å². The fraction of sp³-hybridized carbons (Fsp3) is 0.500. The second kappa shape index (κ2) is 59.4. The molecular formula is C2H9ClMgSi. The summed E-state index contributed by atoms with van der Waals surface area (Å²) in [6.07, 6.45) is 0. The maximum atomic E-state index is 3.25. The van der Waals surface area contributed by atoms with Gasteiger partial charge in [0, 0.05) is 0 Å². The van der Waals surface area contributed by atoms with E-state index in [4.69, 9.17) is 0 Å². The Morgan fingerprint density at radius 2 is 1.20 bits per heavy atom. The Labute approximate surface area is 60.3 Å². The molecule has 0 radical (unpaired) electrons. The molecule has 0 aliphatic carbocycles. The van der Waals surface area contributed by atoms with Gasteiger partial charge >= 0.3 is 23.1 Å². The van der Waals surface area contributed by atoms with Gasteiger partial charge in [-0.1, -0.05) is 0 Å². The van der Waals surface area contributed by atoms with Crippen LogP contribution in [0.2, 0.25) is 0 Å². The molecule has 0 nitrogen and oxygen atoms in total. The molecule has 0 heterocycles. The summed E-state index contributed by atoms with van der Waals surface area (Å²) in [5.41, 5.74) is 0. The molecule has 0 aromatic heterocycles. The smallest absolute Gasteiger partial charge is 0.346 e. The van der Waals surface area contributed by atoms with Crippen LogP contribution in [-0.2, 0) is 0 Å². The van der Waals surface area contributed by atoms with E-state index in [9.17, 15) is 0 Å². The maximum Gasteiger partial charge on any atom is 2.00 e. The van der Waals surface area contributed by atoms with Crippen molar-refractivity contribution in [1.29, 1.82) is 0 Å². The maximum absolute atomic E-state index is 3.25. The molecular weight excluding hydrogens is 112 g/mol. The third-order valence-corrected chi connectivity index (χ3v) is 0. The largest absolute Gasteiger partial charge is 2.00 e. The molecule has 0 saturated carbocycles. The van der Waals surface area contributed by atoms with Gasteiger partial charge in [0.2, 0.25) is 0 Å². The topological polar surface area (TPSA) is 0 Å². The van der Waals surface area contributed by atoms with Crippen molar-refractivity contribution in [3.8, 4) is 0 Å². The monoisotopic (exact) mass is 120 g/mol. The summed E-state index contributed by atoms with van der Waals surface area (Å²) >= 11 is 0. The average molecular weight is 121 g/mol. The zero-order valence-electron chi connectivity index (χ0n) is 3.82. The molecule has 0 spiro atoms. The molecule has 0 aliphatic rings. The second-order valence-corrected chi connectivity index (χ2v) is 0. The van der Waals surface area contributed by atoms with Gasteiger partial charge in [0.15, 0.2) is 0 Å². The molecule has 0 aliphatic heterocycles. The van der Waals surface area contributed by atoms with E-state index in [1.165, 1.54) is 0 Å². The molecule has 3 heteroatoms. The van der Waals surface area contributed by atoms with E-state index in [2.05, 4.69) is 6.92 Å². The van der Waals surface area contributed by atoms with Crippen LogP contribution in [0.15, 0.2) is 0 Å². The van der Waals surface area contributed by atoms with Crippen LogP contribution in [0, 0.1) is 6.92 Å². The minimum absolute atomic E-state index is 0. The van der Waals surface area contributed by atoms with Gasteiger partial charge in [0.1, 0.15) is 0 Å². The fourth-order valence-corrected chi connectivity index (χ4v) is 0. The molecule has 0 saturated heterocycles. The molecule has 0 unspecified atom stereocenters. The Morgan fingerprint density at radius 3 is 1.20 bits per heavy atom. The SMILES string of the molecule is Cl.[CH2-]C.[Mg+2].[SiH3-]. The quantitative estimate of drug-likeness (QED) is 0.305. The Bertz CT molecular complexity index is 9.61. The van der Waals surface area contributed by atoms with E-state index < -0.39 is 0 Å². The summed E-state index contributed by atoms with van der Waals surface area (Å²) in [6.45, 7) is 5.00. The summed E-state index contributed by atoms with van der Waals surface area (Å²) in [7, 11) is 0. The predicted molar refractivity (Wildman–Crippen MR) is 34.0 cm³/mol. The van der Waals surface area contributed by atoms with Crippen LogP contribution in [0.5, 0.6) is 0 Å². The van der Waals surface area contributed by atoms with Crippen LogP contribution in [0.3, 0.4) is 0 Å². The van der Waals surface area contributed by atoms with E-state index in [0.29, 0.717) is 0 Å². The first-order valence-corrected chi connectivity index (χ1v) is 0.707. The fourth-order valence-electron chi connectivity index (χ4n) is 0. The van der Waals surface area contributed by atoms with Crippen molar-refractivity contribution in [3.63, 3.8) is 0 Å². The number of hydrogen-bond acceptors (Lipinski definition) is 0. The normalized spacial score (nSPS) is 1.20. The van der Waals surface area contributed by atoms with Crippen molar-refractivity contribution in [2.24, 2.45) is 0 Å². The predicted octanol–water partition coefficient (Wildman–Crippen LogP) is -0.303. The average Bonchev–Trinajstić information content (AvgIpc) is 1.00. The molecule has 0 aromatic rings. The minimum atomic E-state index is 0. The summed E-state index contributed by atoms with van der Waals surface area (Å²) in [5.74, 6) is 0. The van der Waals surface area contributed by atoms with Crippen molar-refractivity contribution in [2.75, 3.05) is 0 Å². The van der Waals surface area contributed by atoms with E-state index in [-0.39, 0.29) is 46.4 Å². The van der Waals surface area contributed by atoms with Crippen LogP contribution in [-0.4, -0.2) is 34.0 Å². The summed E-state index contributed by atoms with van der Waals surface area (Å²) < 4.78 is 0. The molecule has 0 fully saturated rings. The first-order valence-electron chi connectivity index (χ1n) is 0.707. The first kappa shape index (κ1) is 33.8. The van der Waals surface area contributed by atoms with Crippen LogP contribution in [0.25, 0.3) is 0 Å². The van der Waals surface area contributed by atoms with Gasteiger partial charge in [-0.25, -0.2) is 0 Å². The third-order valence-electron chi connectivity index (χ3n) is 0. The second-order valence-electron chi connectivity index (χ2n) is 0. The molecule has 0 atom stereocenters. The molecule has 0 aromatic carbocycles. The Morgan fingerprint density at radius 1 is 1.20 bits per heavy atom. The summed E-state index contributed by atoms with van der Waals surface area (Å²) in [5, 5.41) is 0. The Hall–Kier alpha value is 1.27. The summed E-state index contributed by atoms with van der Waals surface area (Å²) in [4.78, 5) is 0. The van der Waals surface area contributed by atoms with Crippen molar-refractivity contribution < 1.29 is 0 Å². The van der Waals surface area contributed by atoms with Gasteiger partial charge in [-0.2, -0.15) is 6.92 Å². The molecule has 0 rings (SSSR count). The molecule has 5 heavy (non-hydrogen) atoms. The van der Waals surface area contributed by atoms with Gasteiger partial charge < -0.3 is 17.9 Å². The molecule has 30 valence electrons. The van der Waals surface area contributed by atoms with E-state index in [1.54, 1.807) is 6.92 Å². The van der Waals surface area contributed by atoms with Gasteiger partial charge in [-0.15, -0.1) is 12.4 Å². The van der Waals surface area contributed by atoms with Gasteiger partial charge in [-0.3, -0.25) is 0 Å². The zero-order valence-corrected chi connectivity index (χ0v) is 8.05. The molecule has 0 amide bonds. The van der Waals surface area contributed by atoms with Crippen molar-refractivity contribution in [2.45, 2.75) is 6.92 Å². The van der Waals surface area contributed by atoms with Crippen molar-refractivity contribution >= 4 is 46.4 Å².